The summed E-state index contributed by atoms with van der Waals surface area (Å²) >= 11 is 1.71. The van der Waals surface area contributed by atoms with Crippen molar-refractivity contribution < 1.29 is 9.90 Å². The summed E-state index contributed by atoms with van der Waals surface area (Å²) in [5, 5.41) is 10.5. The third-order valence-electron chi connectivity index (χ3n) is 4.46. The third kappa shape index (κ3) is 2.68. The van der Waals surface area contributed by atoms with Crippen molar-refractivity contribution in [1.29, 1.82) is 0 Å². The number of carboxylic acids is 1. The van der Waals surface area contributed by atoms with Gasteiger partial charge in [-0.15, -0.1) is 11.3 Å². The van der Waals surface area contributed by atoms with Crippen LogP contribution in [0.4, 0.5) is 0 Å². The van der Waals surface area contributed by atoms with Crippen LogP contribution in [0.2, 0.25) is 0 Å². The van der Waals surface area contributed by atoms with Gasteiger partial charge in [-0.2, -0.15) is 0 Å². The summed E-state index contributed by atoms with van der Waals surface area (Å²) in [5.74, 6) is -0.691. The second-order valence-corrected chi connectivity index (χ2v) is 7.20. The predicted molar refractivity (Wildman–Crippen MR) is 84.6 cm³/mol. The van der Waals surface area contributed by atoms with Crippen LogP contribution in [-0.2, 0) is 4.79 Å². The summed E-state index contributed by atoms with van der Waals surface area (Å²) in [4.78, 5) is 18.5. The molecule has 4 nitrogen and oxygen atoms in total. The fourth-order valence-corrected chi connectivity index (χ4v) is 4.06. The van der Waals surface area contributed by atoms with Crippen molar-refractivity contribution in [1.82, 2.24) is 9.88 Å². The van der Waals surface area contributed by atoms with Gasteiger partial charge in [0.1, 0.15) is 5.01 Å². The molecule has 0 saturated carbocycles. The number of aromatic nitrogens is 1. The van der Waals surface area contributed by atoms with E-state index >= 15 is 0 Å². The number of aliphatic carboxylic acids is 1. The topological polar surface area (TPSA) is 53.4 Å². The Hall–Kier alpha value is -1.46. The van der Waals surface area contributed by atoms with Gasteiger partial charge in [0.15, 0.2) is 0 Å². The Morgan fingerprint density at radius 1 is 1.48 bits per heavy atom. The van der Waals surface area contributed by atoms with Crippen molar-refractivity contribution in [3.8, 4) is 0 Å². The Morgan fingerprint density at radius 2 is 2.24 bits per heavy atom. The molecule has 2 atom stereocenters. The SMILES string of the molecule is CC(c1nc2ccccc2s1)N1CCCC(C)(C(=O)O)C1. The second kappa shape index (κ2) is 5.39. The van der Waals surface area contributed by atoms with Gasteiger partial charge in [-0.3, -0.25) is 9.69 Å². The first-order valence-corrected chi connectivity index (χ1v) is 8.14. The van der Waals surface area contributed by atoms with E-state index in [0.29, 0.717) is 6.54 Å². The lowest BCUT2D eigenvalue weighted by molar-refractivity contribution is -0.151. The summed E-state index contributed by atoms with van der Waals surface area (Å²) in [6, 6.07) is 8.30. The minimum Gasteiger partial charge on any atom is -0.481 e. The number of rotatable bonds is 3. The van der Waals surface area contributed by atoms with Crippen molar-refractivity contribution in [2.75, 3.05) is 13.1 Å². The van der Waals surface area contributed by atoms with Gasteiger partial charge in [-0.25, -0.2) is 4.98 Å². The van der Waals surface area contributed by atoms with Gasteiger partial charge in [0.2, 0.25) is 0 Å². The maximum absolute atomic E-state index is 11.5. The van der Waals surface area contributed by atoms with E-state index in [4.69, 9.17) is 4.98 Å². The van der Waals surface area contributed by atoms with Crippen LogP contribution in [0.1, 0.15) is 37.7 Å². The Bertz CT molecular complexity index is 636. The molecule has 112 valence electrons. The molecular weight excluding hydrogens is 284 g/mol. The summed E-state index contributed by atoms with van der Waals surface area (Å²) in [6.45, 7) is 5.53. The molecule has 0 spiro atoms. The van der Waals surface area contributed by atoms with E-state index in [0.717, 1.165) is 29.9 Å². The number of likely N-dealkylation sites (tertiary alicyclic amines) is 1. The molecular formula is C16H20N2O2S. The average Bonchev–Trinajstić information content (AvgIpc) is 2.90. The molecule has 1 aromatic carbocycles. The number of para-hydroxylation sites is 1. The normalized spacial score (nSPS) is 25.0. The Labute approximate surface area is 128 Å². The van der Waals surface area contributed by atoms with Crippen LogP contribution in [-0.4, -0.2) is 34.0 Å². The van der Waals surface area contributed by atoms with Crippen molar-refractivity contribution in [3.05, 3.63) is 29.3 Å². The Balaban J connectivity index is 1.84. The van der Waals surface area contributed by atoms with Crippen molar-refractivity contribution in [3.63, 3.8) is 0 Å². The molecule has 1 N–H and O–H groups in total. The van der Waals surface area contributed by atoms with E-state index in [1.54, 1.807) is 11.3 Å². The molecule has 0 bridgehead atoms. The number of fused-ring (bicyclic) bond motifs is 1. The molecule has 1 fully saturated rings. The zero-order chi connectivity index (χ0) is 15.0. The lowest BCUT2D eigenvalue weighted by atomic mass is 9.81. The first-order chi connectivity index (χ1) is 9.99. The zero-order valence-corrected chi connectivity index (χ0v) is 13.2. The number of thiazole rings is 1. The summed E-state index contributed by atoms with van der Waals surface area (Å²) in [6.07, 6.45) is 1.68. The van der Waals surface area contributed by atoms with E-state index in [1.165, 1.54) is 4.70 Å². The van der Waals surface area contributed by atoms with Crippen molar-refractivity contribution >= 4 is 27.5 Å². The number of carbonyl (C=O) groups is 1. The van der Waals surface area contributed by atoms with E-state index in [2.05, 4.69) is 17.9 Å². The molecule has 1 aliphatic rings. The minimum atomic E-state index is -0.691. The highest BCUT2D eigenvalue weighted by Gasteiger charge is 2.39. The van der Waals surface area contributed by atoms with Crippen LogP contribution in [0.15, 0.2) is 24.3 Å². The van der Waals surface area contributed by atoms with E-state index in [1.807, 2.05) is 25.1 Å². The molecule has 5 heteroatoms. The van der Waals surface area contributed by atoms with Crippen molar-refractivity contribution in [2.24, 2.45) is 5.41 Å². The first-order valence-electron chi connectivity index (χ1n) is 7.32. The van der Waals surface area contributed by atoms with Gasteiger partial charge in [0.05, 0.1) is 21.7 Å². The standard InChI is InChI=1S/C16H20N2O2S/c1-11(14-17-12-6-3-4-7-13(12)21-14)18-9-5-8-16(2,10-18)15(19)20/h3-4,6-7,11H,5,8-10H2,1-2H3,(H,19,20). The van der Waals surface area contributed by atoms with Gasteiger partial charge in [-0.05, 0) is 45.4 Å². The highest BCUT2D eigenvalue weighted by molar-refractivity contribution is 7.18. The van der Waals surface area contributed by atoms with Gasteiger partial charge in [-0.1, -0.05) is 12.1 Å². The maximum Gasteiger partial charge on any atom is 0.310 e. The number of carboxylic acid groups (broad SMARTS) is 1. The third-order valence-corrected chi connectivity index (χ3v) is 5.66. The summed E-state index contributed by atoms with van der Waals surface area (Å²) in [5.41, 5.74) is 0.394. The Kier molecular flexibility index (Phi) is 3.71. The fourth-order valence-electron chi connectivity index (χ4n) is 3.01. The van der Waals surface area contributed by atoms with E-state index in [-0.39, 0.29) is 6.04 Å². The fraction of sp³-hybridized carbons (Fsp3) is 0.500. The molecule has 21 heavy (non-hydrogen) atoms. The average molecular weight is 304 g/mol. The molecule has 2 aromatic rings. The smallest absolute Gasteiger partial charge is 0.310 e. The van der Waals surface area contributed by atoms with Crippen LogP contribution in [0.3, 0.4) is 0 Å². The van der Waals surface area contributed by atoms with Gasteiger partial charge >= 0.3 is 5.97 Å². The largest absolute Gasteiger partial charge is 0.481 e. The summed E-state index contributed by atoms with van der Waals surface area (Å²) < 4.78 is 1.19. The number of nitrogens with zero attached hydrogens (tertiary/aromatic N) is 2. The Morgan fingerprint density at radius 3 is 2.95 bits per heavy atom. The number of hydrogen-bond donors (Lipinski definition) is 1. The molecule has 3 rings (SSSR count). The molecule has 0 radical (unpaired) electrons. The van der Waals surface area contributed by atoms with E-state index in [9.17, 15) is 9.90 Å². The van der Waals surface area contributed by atoms with Crippen LogP contribution >= 0.6 is 11.3 Å². The number of piperidine rings is 1. The molecule has 0 amide bonds. The monoisotopic (exact) mass is 304 g/mol. The first kappa shape index (κ1) is 14.5. The summed E-state index contributed by atoms with van der Waals surface area (Å²) in [7, 11) is 0. The van der Waals surface area contributed by atoms with Crippen LogP contribution < -0.4 is 0 Å². The maximum atomic E-state index is 11.5. The van der Waals surface area contributed by atoms with Gasteiger partial charge in [0.25, 0.3) is 0 Å². The number of benzene rings is 1. The molecule has 1 saturated heterocycles. The van der Waals surface area contributed by atoms with E-state index < -0.39 is 11.4 Å². The highest BCUT2D eigenvalue weighted by Crippen LogP contribution is 2.36. The number of hydrogen-bond acceptors (Lipinski definition) is 4. The van der Waals surface area contributed by atoms with Gasteiger partial charge < -0.3 is 5.11 Å². The lowest BCUT2D eigenvalue weighted by Crippen LogP contribution is -2.46. The van der Waals surface area contributed by atoms with Gasteiger partial charge in [0, 0.05) is 6.54 Å². The zero-order valence-electron chi connectivity index (χ0n) is 12.4. The highest BCUT2D eigenvalue weighted by atomic mass is 32.1. The second-order valence-electron chi connectivity index (χ2n) is 6.14. The van der Waals surface area contributed by atoms with Crippen LogP contribution in [0.25, 0.3) is 10.2 Å². The lowest BCUT2D eigenvalue weighted by Gasteiger charge is -2.40. The van der Waals surface area contributed by atoms with Crippen LogP contribution in [0.5, 0.6) is 0 Å². The quantitative estimate of drug-likeness (QED) is 0.942. The predicted octanol–water partition coefficient (Wildman–Crippen LogP) is 3.54. The molecule has 1 aliphatic heterocycles. The van der Waals surface area contributed by atoms with Crippen molar-refractivity contribution in [2.45, 2.75) is 32.7 Å². The van der Waals surface area contributed by atoms with Crippen LogP contribution in [0, 0.1) is 5.41 Å². The molecule has 2 unspecified atom stereocenters. The molecule has 2 heterocycles. The molecule has 0 aliphatic carbocycles. The molecule has 1 aromatic heterocycles. The minimum absolute atomic E-state index is 0.168.